The molecule has 15 heavy (non-hydrogen) atoms. The summed E-state index contributed by atoms with van der Waals surface area (Å²) >= 11 is 0. The Morgan fingerprint density at radius 2 is 2.27 bits per heavy atom. The molecule has 0 saturated carbocycles. The summed E-state index contributed by atoms with van der Waals surface area (Å²) in [6.45, 7) is 7.99. The van der Waals surface area contributed by atoms with Crippen molar-refractivity contribution in [2.24, 2.45) is 0 Å². The van der Waals surface area contributed by atoms with Crippen LogP contribution in [0.2, 0.25) is 0 Å². The van der Waals surface area contributed by atoms with Gasteiger partial charge in [0.05, 0.1) is 0 Å². The zero-order chi connectivity index (χ0) is 11.3. The van der Waals surface area contributed by atoms with E-state index >= 15 is 0 Å². The van der Waals surface area contributed by atoms with E-state index in [0.717, 1.165) is 29.9 Å². The van der Waals surface area contributed by atoms with Crippen molar-refractivity contribution in [3.8, 4) is 12.3 Å². The molecule has 0 spiro atoms. The maximum Gasteiger partial charge on any atom is 0.0315 e. The molecule has 0 saturated heterocycles. The van der Waals surface area contributed by atoms with Crippen LogP contribution in [-0.4, -0.2) is 0 Å². The molecule has 0 nitrogen and oxygen atoms in total. The van der Waals surface area contributed by atoms with Crippen LogP contribution in [0, 0.1) is 18.3 Å². The number of aryl methyl sites for hydroxylation is 1. The Bertz CT molecular complexity index is 380. The molecule has 0 aromatic heterocycles. The van der Waals surface area contributed by atoms with Crippen LogP contribution in [0.25, 0.3) is 0 Å². The molecule has 0 heterocycles. The lowest BCUT2D eigenvalue weighted by molar-refractivity contribution is 0.916. The fourth-order valence-electron chi connectivity index (χ4n) is 1.69. The molecule has 1 radical (unpaired) electrons. The first-order chi connectivity index (χ1) is 7.24. The molecule has 0 aliphatic carbocycles. The van der Waals surface area contributed by atoms with Gasteiger partial charge in [-0.05, 0) is 17.5 Å². The van der Waals surface area contributed by atoms with Gasteiger partial charge in [-0.2, -0.15) is 0 Å². The van der Waals surface area contributed by atoms with Gasteiger partial charge in [-0.3, -0.25) is 0 Å². The molecule has 0 bridgehead atoms. The van der Waals surface area contributed by atoms with Gasteiger partial charge in [-0.1, -0.05) is 50.5 Å². The lowest BCUT2D eigenvalue weighted by Gasteiger charge is -2.12. The van der Waals surface area contributed by atoms with Gasteiger partial charge in [0.25, 0.3) is 0 Å². The van der Waals surface area contributed by atoms with E-state index in [1.54, 1.807) is 0 Å². The van der Waals surface area contributed by atoms with Crippen molar-refractivity contribution in [1.29, 1.82) is 0 Å². The lowest BCUT2D eigenvalue weighted by atomic mass is 9.91. The van der Waals surface area contributed by atoms with Crippen molar-refractivity contribution in [2.45, 2.75) is 26.7 Å². The average Bonchev–Trinajstić information content (AvgIpc) is 2.28. The third-order valence-electron chi connectivity index (χ3n) is 2.55. The van der Waals surface area contributed by atoms with Crippen LogP contribution in [0.3, 0.4) is 0 Å². The second kappa shape index (κ2) is 5.41. The highest BCUT2D eigenvalue weighted by atomic mass is 14.1. The SMILES string of the molecule is C#Cc1c(CCC)cccc1[C](C)C=C. The van der Waals surface area contributed by atoms with Gasteiger partial charge in [-0.25, -0.2) is 0 Å². The summed E-state index contributed by atoms with van der Waals surface area (Å²) in [5.74, 6) is 3.94. The van der Waals surface area contributed by atoms with E-state index in [1.807, 2.05) is 13.0 Å². The van der Waals surface area contributed by atoms with Gasteiger partial charge in [0, 0.05) is 11.5 Å². The van der Waals surface area contributed by atoms with Crippen molar-refractivity contribution in [2.75, 3.05) is 0 Å². The van der Waals surface area contributed by atoms with Crippen molar-refractivity contribution >= 4 is 0 Å². The van der Waals surface area contributed by atoms with Crippen molar-refractivity contribution in [3.63, 3.8) is 0 Å². The van der Waals surface area contributed by atoms with Gasteiger partial charge >= 0.3 is 0 Å². The van der Waals surface area contributed by atoms with Gasteiger partial charge in [0.15, 0.2) is 0 Å². The van der Waals surface area contributed by atoms with E-state index in [2.05, 4.69) is 37.6 Å². The minimum atomic E-state index is 1.02. The number of benzene rings is 1. The van der Waals surface area contributed by atoms with E-state index in [4.69, 9.17) is 6.42 Å². The molecule has 77 valence electrons. The predicted octanol–water partition coefficient (Wildman–Crippen LogP) is 3.75. The molecular weight excluding hydrogens is 180 g/mol. The fraction of sp³-hybridized carbons (Fsp3) is 0.267. The molecule has 0 N–H and O–H groups in total. The van der Waals surface area contributed by atoms with E-state index in [9.17, 15) is 0 Å². The largest absolute Gasteiger partial charge is 0.115 e. The molecule has 0 atom stereocenters. The highest BCUT2D eigenvalue weighted by Gasteiger charge is 2.09. The minimum Gasteiger partial charge on any atom is -0.115 e. The van der Waals surface area contributed by atoms with E-state index in [0.29, 0.717) is 0 Å². The summed E-state index contributed by atoms with van der Waals surface area (Å²) in [5, 5.41) is 0. The van der Waals surface area contributed by atoms with Crippen LogP contribution in [-0.2, 0) is 6.42 Å². The highest BCUT2D eigenvalue weighted by molar-refractivity contribution is 5.53. The third kappa shape index (κ3) is 2.50. The number of allylic oxidation sites excluding steroid dienone is 1. The number of hydrogen-bond donors (Lipinski definition) is 0. The Balaban J connectivity index is 3.23. The van der Waals surface area contributed by atoms with E-state index in [1.165, 1.54) is 5.56 Å². The fourth-order valence-corrected chi connectivity index (χ4v) is 1.69. The van der Waals surface area contributed by atoms with Crippen LogP contribution in [0.4, 0.5) is 0 Å². The standard InChI is InChI=1S/C15H17/c1-5-9-13-10-8-11-15(12(4)6-2)14(13)7-3/h3,6,8,10-11H,2,5,9H2,1,4H3. The molecule has 0 fully saturated rings. The van der Waals surface area contributed by atoms with Gasteiger partial charge in [0.2, 0.25) is 0 Å². The second-order valence-corrected chi connectivity index (χ2v) is 3.62. The van der Waals surface area contributed by atoms with Crippen LogP contribution >= 0.6 is 0 Å². The minimum absolute atomic E-state index is 1.02. The Labute approximate surface area is 93.0 Å². The van der Waals surface area contributed by atoms with Crippen LogP contribution in [0.15, 0.2) is 30.9 Å². The Kier molecular flexibility index (Phi) is 4.18. The Morgan fingerprint density at radius 3 is 2.80 bits per heavy atom. The molecule has 0 heteroatoms. The highest BCUT2D eigenvalue weighted by Crippen LogP contribution is 2.23. The lowest BCUT2D eigenvalue weighted by Crippen LogP contribution is -1.99. The van der Waals surface area contributed by atoms with E-state index < -0.39 is 0 Å². The monoisotopic (exact) mass is 197 g/mol. The summed E-state index contributed by atoms with van der Waals surface area (Å²) < 4.78 is 0. The van der Waals surface area contributed by atoms with Crippen molar-refractivity contribution in [3.05, 3.63) is 53.5 Å². The topological polar surface area (TPSA) is 0 Å². The van der Waals surface area contributed by atoms with Crippen LogP contribution < -0.4 is 0 Å². The normalized spacial score (nSPS) is 10.0. The van der Waals surface area contributed by atoms with Crippen molar-refractivity contribution < 1.29 is 0 Å². The summed E-state index contributed by atoms with van der Waals surface area (Å²) in [7, 11) is 0. The van der Waals surface area contributed by atoms with Crippen LogP contribution in [0.1, 0.15) is 37.0 Å². The third-order valence-corrected chi connectivity index (χ3v) is 2.55. The smallest absolute Gasteiger partial charge is 0.0315 e. The Morgan fingerprint density at radius 1 is 1.53 bits per heavy atom. The maximum atomic E-state index is 5.58. The summed E-state index contributed by atoms with van der Waals surface area (Å²) in [4.78, 5) is 0. The predicted molar refractivity (Wildman–Crippen MR) is 66.6 cm³/mol. The second-order valence-electron chi connectivity index (χ2n) is 3.62. The first-order valence-electron chi connectivity index (χ1n) is 5.29. The first-order valence-corrected chi connectivity index (χ1v) is 5.29. The number of terminal acetylenes is 1. The molecule has 1 rings (SSSR count). The number of hydrogen-bond acceptors (Lipinski definition) is 0. The molecule has 0 aliphatic rings. The molecule has 0 aliphatic heterocycles. The van der Waals surface area contributed by atoms with Crippen LogP contribution in [0.5, 0.6) is 0 Å². The molecule has 0 amide bonds. The molecular formula is C15H17. The van der Waals surface area contributed by atoms with Crippen molar-refractivity contribution in [1.82, 2.24) is 0 Å². The summed E-state index contributed by atoms with van der Waals surface area (Å²) in [5.41, 5.74) is 3.42. The average molecular weight is 197 g/mol. The van der Waals surface area contributed by atoms with E-state index in [-0.39, 0.29) is 0 Å². The first kappa shape index (κ1) is 11.6. The molecule has 1 aromatic carbocycles. The molecule has 1 aromatic rings. The zero-order valence-electron chi connectivity index (χ0n) is 9.51. The maximum absolute atomic E-state index is 5.58. The molecule has 0 unspecified atom stereocenters. The van der Waals surface area contributed by atoms with Gasteiger partial charge in [-0.15, -0.1) is 13.0 Å². The quantitative estimate of drug-likeness (QED) is 0.645. The number of rotatable bonds is 4. The van der Waals surface area contributed by atoms with Gasteiger partial charge < -0.3 is 0 Å². The Hall–Kier alpha value is -1.48. The summed E-state index contributed by atoms with van der Waals surface area (Å²) in [6.07, 6.45) is 9.59. The summed E-state index contributed by atoms with van der Waals surface area (Å²) in [6, 6.07) is 6.23. The van der Waals surface area contributed by atoms with Gasteiger partial charge in [0.1, 0.15) is 0 Å². The zero-order valence-corrected chi connectivity index (χ0v) is 9.51.